The van der Waals surface area contributed by atoms with Gasteiger partial charge in [0.15, 0.2) is 0 Å². The zero-order valence-electron chi connectivity index (χ0n) is 11.3. The van der Waals surface area contributed by atoms with Crippen molar-refractivity contribution in [3.05, 3.63) is 16.1 Å². The summed E-state index contributed by atoms with van der Waals surface area (Å²) in [6, 6.07) is 0. The summed E-state index contributed by atoms with van der Waals surface area (Å²) in [6.45, 7) is 6.43. The Hall–Kier alpha value is -0.650. The van der Waals surface area contributed by atoms with E-state index in [0.29, 0.717) is 5.88 Å². The summed E-state index contributed by atoms with van der Waals surface area (Å²) in [5, 5.41) is 3.19. The highest BCUT2D eigenvalue weighted by molar-refractivity contribution is 7.09. The lowest BCUT2D eigenvalue weighted by molar-refractivity contribution is -0.128. The molecule has 2 rings (SSSR count). The van der Waals surface area contributed by atoms with Gasteiger partial charge in [-0.05, 0) is 13.0 Å². The SMILES string of the molecule is CC(=O)N1CCCN(CCc2nc(CCl)cs2)CC1. The van der Waals surface area contributed by atoms with Crippen LogP contribution in [0.15, 0.2) is 5.38 Å². The molecule has 1 aromatic rings. The van der Waals surface area contributed by atoms with Crippen LogP contribution in [0.25, 0.3) is 0 Å². The lowest BCUT2D eigenvalue weighted by atomic mass is 10.3. The van der Waals surface area contributed by atoms with E-state index in [4.69, 9.17) is 11.6 Å². The number of aromatic nitrogens is 1. The van der Waals surface area contributed by atoms with Crippen LogP contribution in [0.2, 0.25) is 0 Å². The molecule has 0 bridgehead atoms. The number of amides is 1. The fourth-order valence-corrected chi connectivity index (χ4v) is 3.30. The van der Waals surface area contributed by atoms with Crippen LogP contribution in [-0.4, -0.2) is 53.4 Å². The average molecular weight is 302 g/mol. The Labute approximate surface area is 123 Å². The quantitative estimate of drug-likeness (QED) is 0.798. The van der Waals surface area contributed by atoms with Crippen molar-refractivity contribution < 1.29 is 4.79 Å². The zero-order valence-corrected chi connectivity index (χ0v) is 12.8. The number of hydrogen-bond donors (Lipinski definition) is 0. The normalized spacial score (nSPS) is 17.5. The van der Waals surface area contributed by atoms with Crippen molar-refractivity contribution in [2.45, 2.75) is 25.6 Å². The van der Waals surface area contributed by atoms with Crippen LogP contribution in [0, 0.1) is 0 Å². The van der Waals surface area contributed by atoms with Crippen molar-refractivity contribution in [3.8, 4) is 0 Å². The van der Waals surface area contributed by atoms with E-state index < -0.39 is 0 Å². The first-order valence-corrected chi connectivity index (χ1v) is 8.07. The number of halogens is 1. The Balaban J connectivity index is 1.78. The average Bonchev–Trinajstić information content (AvgIpc) is 2.72. The number of nitrogens with zero attached hydrogens (tertiary/aromatic N) is 3. The Morgan fingerprint density at radius 2 is 2.26 bits per heavy atom. The van der Waals surface area contributed by atoms with Gasteiger partial charge in [0.05, 0.1) is 16.6 Å². The minimum absolute atomic E-state index is 0.188. The monoisotopic (exact) mass is 301 g/mol. The number of thiazole rings is 1. The molecular weight excluding hydrogens is 282 g/mol. The molecule has 1 fully saturated rings. The van der Waals surface area contributed by atoms with E-state index >= 15 is 0 Å². The number of alkyl halides is 1. The Morgan fingerprint density at radius 1 is 1.42 bits per heavy atom. The second-order valence-electron chi connectivity index (χ2n) is 4.82. The van der Waals surface area contributed by atoms with Crippen LogP contribution in [0.5, 0.6) is 0 Å². The Morgan fingerprint density at radius 3 is 2.95 bits per heavy atom. The van der Waals surface area contributed by atoms with Gasteiger partial charge in [-0.25, -0.2) is 4.98 Å². The molecule has 0 radical (unpaired) electrons. The number of carbonyl (C=O) groups excluding carboxylic acids is 1. The zero-order chi connectivity index (χ0) is 13.7. The summed E-state index contributed by atoms with van der Waals surface area (Å²) in [7, 11) is 0. The van der Waals surface area contributed by atoms with Gasteiger partial charge in [-0.1, -0.05) is 0 Å². The molecule has 1 amide bonds. The third kappa shape index (κ3) is 4.44. The van der Waals surface area contributed by atoms with Crippen LogP contribution in [0.3, 0.4) is 0 Å². The van der Waals surface area contributed by atoms with E-state index in [0.717, 1.165) is 56.3 Å². The minimum Gasteiger partial charge on any atom is -0.342 e. The molecular formula is C13H20ClN3OS. The maximum Gasteiger partial charge on any atom is 0.219 e. The van der Waals surface area contributed by atoms with Crippen LogP contribution in [0.4, 0.5) is 0 Å². The third-order valence-corrected chi connectivity index (χ3v) is 4.64. The van der Waals surface area contributed by atoms with Crippen molar-refractivity contribution in [3.63, 3.8) is 0 Å². The van der Waals surface area contributed by atoms with Crippen molar-refractivity contribution in [2.24, 2.45) is 0 Å². The molecule has 2 heterocycles. The summed E-state index contributed by atoms with van der Waals surface area (Å²) in [5.41, 5.74) is 0.972. The molecule has 1 aromatic heterocycles. The molecule has 1 aliphatic heterocycles. The maximum atomic E-state index is 11.4. The topological polar surface area (TPSA) is 36.4 Å². The largest absolute Gasteiger partial charge is 0.342 e. The van der Waals surface area contributed by atoms with Gasteiger partial charge in [-0.15, -0.1) is 22.9 Å². The van der Waals surface area contributed by atoms with Gasteiger partial charge in [-0.2, -0.15) is 0 Å². The first kappa shape index (κ1) is 14.8. The Kier molecular flexibility index (Phi) is 5.60. The van der Waals surface area contributed by atoms with Crippen LogP contribution in [-0.2, 0) is 17.1 Å². The smallest absolute Gasteiger partial charge is 0.219 e. The van der Waals surface area contributed by atoms with Gasteiger partial charge < -0.3 is 9.80 Å². The van der Waals surface area contributed by atoms with Crippen molar-refractivity contribution in [1.29, 1.82) is 0 Å². The summed E-state index contributed by atoms with van der Waals surface area (Å²) in [4.78, 5) is 20.2. The van der Waals surface area contributed by atoms with Crippen LogP contribution in [0.1, 0.15) is 24.0 Å². The molecule has 4 nitrogen and oxygen atoms in total. The Bertz CT molecular complexity index is 424. The first-order valence-electron chi connectivity index (χ1n) is 6.66. The number of rotatable bonds is 4. The van der Waals surface area contributed by atoms with Crippen molar-refractivity contribution >= 4 is 28.8 Å². The van der Waals surface area contributed by atoms with Gasteiger partial charge >= 0.3 is 0 Å². The highest BCUT2D eigenvalue weighted by atomic mass is 35.5. The minimum atomic E-state index is 0.188. The fraction of sp³-hybridized carbons (Fsp3) is 0.692. The number of carbonyl (C=O) groups is 1. The molecule has 0 N–H and O–H groups in total. The highest BCUT2D eigenvalue weighted by Crippen LogP contribution is 2.13. The van der Waals surface area contributed by atoms with E-state index in [1.165, 1.54) is 0 Å². The molecule has 0 unspecified atom stereocenters. The van der Waals surface area contributed by atoms with Crippen molar-refractivity contribution in [1.82, 2.24) is 14.8 Å². The highest BCUT2D eigenvalue weighted by Gasteiger charge is 2.16. The summed E-state index contributed by atoms with van der Waals surface area (Å²) in [6.07, 6.45) is 2.03. The fourth-order valence-electron chi connectivity index (χ4n) is 2.29. The summed E-state index contributed by atoms with van der Waals surface area (Å²) < 4.78 is 0. The van der Waals surface area contributed by atoms with Gasteiger partial charge in [0, 0.05) is 44.9 Å². The predicted molar refractivity (Wildman–Crippen MR) is 78.7 cm³/mol. The molecule has 0 spiro atoms. The van der Waals surface area contributed by atoms with Gasteiger partial charge in [-0.3, -0.25) is 4.79 Å². The molecule has 19 heavy (non-hydrogen) atoms. The van der Waals surface area contributed by atoms with Crippen LogP contribution < -0.4 is 0 Å². The second-order valence-corrected chi connectivity index (χ2v) is 6.03. The number of hydrogen-bond acceptors (Lipinski definition) is 4. The standard InChI is InChI=1S/C13H20ClN3OS/c1-11(18)17-5-2-4-16(7-8-17)6-3-13-15-12(9-14)10-19-13/h10H,2-9H2,1H3. The van der Waals surface area contributed by atoms with E-state index in [1.807, 2.05) is 10.3 Å². The lowest BCUT2D eigenvalue weighted by Crippen LogP contribution is -2.34. The molecule has 0 saturated carbocycles. The van der Waals surface area contributed by atoms with E-state index in [-0.39, 0.29) is 5.91 Å². The van der Waals surface area contributed by atoms with Gasteiger partial charge in [0.1, 0.15) is 0 Å². The first-order chi connectivity index (χ1) is 9.19. The van der Waals surface area contributed by atoms with E-state index in [1.54, 1.807) is 18.3 Å². The van der Waals surface area contributed by atoms with Crippen LogP contribution >= 0.6 is 22.9 Å². The lowest BCUT2D eigenvalue weighted by Gasteiger charge is -2.20. The molecule has 0 aliphatic carbocycles. The molecule has 0 atom stereocenters. The maximum absolute atomic E-state index is 11.4. The third-order valence-electron chi connectivity index (χ3n) is 3.41. The molecule has 1 saturated heterocycles. The van der Waals surface area contributed by atoms with Gasteiger partial charge in [0.2, 0.25) is 5.91 Å². The second kappa shape index (κ2) is 7.22. The molecule has 106 valence electrons. The van der Waals surface area contributed by atoms with Crippen molar-refractivity contribution in [2.75, 3.05) is 32.7 Å². The molecule has 0 aromatic carbocycles. The molecule has 6 heteroatoms. The van der Waals surface area contributed by atoms with E-state index in [9.17, 15) is 4.79 Å². The van der Waals surface area contributed by atoms with Gasteiger partial charge in [0.25, 0.3) is 0 Å². The summed E-state index contributed by atoms with van der Waals surface area (Å²) in [5.74, 6) is 0.682. The predicted octanol–water partition coefficient (Wildman–Crippen LogP) is 1.98. The molecule has 1 aliphatic rings. The summed E-state index contributed by atoms with van der Waals surface area (Å²) >= 11 is 7.44. The van der Waals surface area contributed by atoms with E-state index in [2.05, 4.69) is 9.88 Å².